The van der Waals surface area contributed by atoms with Crippen LogP contribution < -0.4 is 19.5 Å². The highest BCUT2D eigenvalue weighted by Crippen LogP contribution is 2.48. The van der Waals surface area contributed by atoms with E-state index in [4.69, 9.17) is 19.6 Å². The number of hydrogen-bond acceptors (Lipinski definition) is 9. The van der Waals surface area contributed by atoms with E-state index in [1.165, 1.54) is 30.3 Å². The molecule has 232 valence electrons. The highest BCUT2D eigenvalue weighted by molar-refractivity contribution is 7.92. The molecule has 4 aromatic rings. The SMILES string of the molecule is CS(=O)(=O)NCCN(c1cc2oc(-c3ccc(Oc4ccc(F)cc4)cc3)c(C(=O)OC(N)=O)c2cc1C1CC1)S(C)(=O)=O. The van der Waals surface area contributed by atoms with Crippen molar-refractivity contribution in [2.45, 2.75) is 18.8 Å². The van der Waals surface area contributed by atoms with Gasteiger partial charge in [-0.3, -0.25) is 4.31 Å². The molecule has 0 spiro atoms. The molecule has 0 saturated heterocycles. The Morgan fingerprint density at radius 1 is 1.00 bits per heavy atom. The number of amides is 1. The predicted octanol–water partition coefficient (Wildman–Crippen LogP) is 4.46. The maximum Gasteiger partial charge on any atom is 0.412 e. The van der Waals surface area contributed by atoms with Crippen LogP contribution in [-0.2, 0) is 24.8 Å². The van der Waals surface area contributed by atoms with Crippen LogP contribution in [0.1, 0.15) is 34.7 Å². The van der Waals surface area contributed by atoms with Crippen molar-refractivity contribution in [3.8, 4) is 22.8 Å². The van der Waals surface area contributed by atoms with E-state index in [1.54, 1.807) is 30.3 Å². The molecule has 1 aromatic heterocycles. The number of carbonyl (C=O) groups is 2. The standard InChI is InChI=1S/C29H28FN3O9S2/c1-43(36,37)32-13-14-33(44(2,38)39)24-16-25-23(15-22(24)17-3-4-17)26(28(34)42-29(31)35)27(41-25)18-5-9-20(10-6-18)40-21-11-7-19(30)8-12-21/h5-12,15-17,32H,3-4,13-14H2,1-2H3,(H2,31,35). The van der Waals surface area contributed by atoms with Gasteiger partial charge in [0.1, 0.15) is 34.2 Å². The molecule has 1 fully saturated rings. The molecule has 1 amide bonds. The van der Waals surface area contributed by atoms with Gasteiger partial charge in [0.2, 0.25) is 20.0 Å². The summed E-state index contributed by atoms with van der Waals surface area (Å²) in [4.78, 5) is 24.7. The van der Waals surface area contributed by atoms with E-state index in [2.05, 4.69) is 4.72 Å². The lowest BCUT2D eigenvalue weighted by atomic mass is 10.0. The van der Waals surface area contributed by atoms with Gasteiger partial charge < -0.3 is 19.6 Å². The van der Waals surface area contributed by atoms with E-state index in [1.807, 2.05) is 0 Å². The van der Waals surface area contributed by atoms with Crippen LogP contribution in [0.2, 0.25) is 0 Å². The molecule has 0 atom stereocenters. The summed E-state index contributed by atoms with van der Waals surface area (Å²) in [6.07, 6.45) is 2.18. The largest absolute Gasteiger partial charge is 0.457 e. The fourth-order valence-corrected chi connectivity index (χ4v) is 6.15. The van der Waals surface area contributed by atoms with Crippen molar-refractivity contribution in [2.24, 2.45) is 5.73 Å². The maximum absolute atomic E-state index is 13.2. The summed E-state index contributed by atoms with van der Waals surface area (Å²) in [6.45, 7) is -0.378. The molecule has 1 saturated carbocycles. The number of primary amides is 1. The van der Waals surface area contributed by atoms with Gasteiger partial charge in [0.25, 0.3) is 0 Å². The average Bonchev–Trinajstić information content (AvgIpc) is 3.70. The van der Waals surface area contributed by atoms with Crippen molar-refractivity contribution in [3.05, 3.63) is 77.6 Å². The number of halogens is 1. The lowest BCUT2D eigenvalue weighted by Gasteiger charge is -2.25. The monoisotopic (exact) mass is 645 g/mol. The zero-order valence-electron chi connectivity index (χ0n) is 23.6. The molecule has 0 radical (unpaired) electrons. The van der Waals surface area contributed by atoms with Crippen LogP contribution in [0, 0.1) is 5.82 Å². The third kappa shape index (κ3) is 7.18. The molecule has 3 N–H and O–H groups in total. The minimum absolute atomic E-state index is 0.0252. The number of esters is 1. The first-order valence-corrected chi connectivity index (χ1v) is 17.0. The van der Waals surface area contributed by atoms with Gasteiger partial charge in [-0.2, -0.15) is 0 Å². The van der Waals surface area contributed by atoms with Crippen molar-refractivity contribution in [2.75, 3.05) is 29.9 Å². The molecular weight excluding hydrogens is 617 g/mol. The van der Waals surface area contributed by atoms with E-state index >= 15 is 0 Å². The Balaban J connectivity index is 1.60. The number of fused-ring (bicyclic) bond motifs is 1. The lowest BCUT2D eigenvalue weighted by Crippen LogP contribution is -2.38. The van der Waals surface area contributed by atoms with Crippen LogP contribution in [-0.4, -0.2) is 54.5 Å². The summed E-state index contributed by atoms with van der Waals surface area (Å²) in [7, 11) is -7.46. The maximum atomic E-state index is 13.2. The van der Waals surface area contributed by atoms with Crippen LogP contribution >= 0.6 is 0 Å². The van der Waals surface area contributed by atoms with Gasteiger partial charge in [-0.1, -0.05) is 0 Å². The molecule has 0 unspecified atom stereocenters. The minimum atomic E-state index is -3.88. The molecule has 1 aliphatic carbocycles. The Labute approximate surface area is 252 Å². The third-order valence-electron chi connectivity index (χ3n) is 6.77. The first-order chi connectivity index (χ1) is 20.7. The van der Waals surface area contributed by atoms with E-state index in [-0.39, 0.29) is 47.0 Å². The molecule has 15 heteroatoms. The molecule has 1 aliphatic rings. The Bertz CT molecular complexity index is 1950. The Kier molecular flexibility index (Phi) is 8.38. The highest BCUT2D eigenvalue weighted by atomic mass is 32.2. The van der Waals surface area contributed by atoms with Crippen LogP contribution in [0.15, 0.2) is 65.1 Å². The first kappa shape index (κ1) is 31.0. The summed E-state index contributed by atoms with van der Waals surface area (Å²) >= 11 is 0. The van der Waals surface area contributed by atoms with Gasteiger partial charge in [0.05, 0.1) is 18.2 Å². The van der Waals surface area contributed by atoms with E-state index in [0.29, 0.717) is 22.6 Å². The summed E-state index contributed by atoms with van der Waals surface area (Å²) in [6, 6.07) is 14.9. The van der Waals surface area contributed by atoms with Crippen LogP contribution in [0.3, 0.4) is 0 Å². The number of nitrogens with one attached hydrogen (secondary N) is 1. The van der Waals surface area contributed by atoms with Gasteiger partial charge in [-0.25, -0.2) is 35.5 Å². The number of anilines is 1. The average molecular weight is 646 g/mol. The second-order valence-corrected chi connectivity index (χ2v) is 14.0. The molecular formula is C29H28FN3O9S2. The quantitative estimate of drug-likeness (QED) is 0.176. The fourth-order valence-electron chi connectivity index (χ4n) is 4.75. The second-order valence-electron chi connectivity index (χ2n) is 10.3. The van der Waals surface area contributed by atoms with Crippen molar-refractivity contribution < 1.29 is 44.7 Å². The number of nitrogens with zero attached hydrogens (tertiary/aromatic N) is 1. The Morgan fingerprint density at radius 3 is 2.16 bits per heavy atom. The zero-order valence-corrected chi connectivity index (χ0v) is 25.2. The molecule has 0 aliphatic heterocycles. The van der Waals surface area contributed by atoms with Gasteiger partial charge >= 0.3 is 12.1 Å². The molecule has 1 heterocycles. The first-order valence-electron chi connectivity index (χ1n) is 13.3. The van der Waals surface area contributed by atoms with Crippen LogP contribution in [0.25, 0.3) is 22.3 Å². The van der Waals surface area contributed by atoms with Gasteiger partial charge in [0.15, 0.2) is 0 Å². The summed E-state index contributed by atoms with van der Waals surface area (Å²) in [5.41, 5.74) is 6.44. The predicted molar refractivity (Wildman–Crippen MR) is 160 cm³/mol. The molecule has 5 rings (SSSR count). The number of sulfonamides is 2. The fraction of sp³-hybridized carbons (Fsp3) is 0.241. The smallest absolute Gasteiger partial charge is 0.412 e. The number of nitrogens with two attached hydrogens (primary N) is 1. The summed E-state index contributed by atoms with van der Waals surface area (Å²) in [5.74, 6) is -0.666. The number of benzene rings is 3. The third-order valence-corrected chi connectivity index (χ3v) is 8.67. The summed E-state index contributed by atoms with van der Waals surface area (Å²) < 4.78 is 82.2. The van der Waals surface area contributed by atoms with E-state index in [0.717, 1.165) is 29.7 Å². The van der Waals surface area contributed by atoms with Gasteiger partial charge in [-0.05, 0) is 78.9 Å². The van der Waals surface area contributed by atoms with Crippen molar-refractivity contribution in [1.82, 2.24) is 4.72 Å². The minimum Gasteiger partial charge on any atom is -0.457 e. The summed E-state index contributed by atoms with van der Waals surface area (Å²) in [5, 5.41) is 0.270. The van der Waals surface area contributed by atoms with Crippen LogP contribution in [0.4, 0.5) is 14.9 Å². The van der Waals surface area contributed by atoms with Gasteiger partial charge in [0, 0.05) is 30.1 Å². The van der Waals surface area contributed by atoms with Gasteiger partial charge in [-0.15, -0.1) is 0 Å². The van der Waals surface area contributed by atoms with Crippen LogP contribution in [0.5, 0.6) is 11.5 Å². The number of carbonyl (C=O) groups excluding carboxylic acids is 2. The highest BCUT2D eigenvalue weighted by Gasteiger charge is 2.34. The van der Waals surface area contributed by atoms with Crippen molar-refractivity contribution in [3.63, 3.8) is 0 Å². The second kappa shape index (κ2) is 11.9. The normalized spacial score (nSPS) is 13.5. The number of hydrogen-bond donors (Lipinski definition) is 2. The van der Waals surface area contributed by atoms with E-state index in [9.17, 15) is 30.8 Å². The number of rotatable bonds is 11. The topological polar surface area (TPSA) is 175 Å². The Hall–Kier alpha value is -4.47. The van der Waals surface area contributed by atoms with E-state index < -0.39 is 37.9 Å². The zero-order chi connectivity index (χ0) is 31.8. The van der Waals surface area contributed by atoms with Crippen molar-refractivity contribution >= 4 is 48.8 Å². The Morgan fingerprint density at radius 2 is 1.61 bits per heavy atom. The van der Waals surface area contributed by atoms with Crippen molar-refractivity contribution in [1.29, 1.82) is 0 Å². The molecule has 44 heavy (non-hydrogen) atoms. The lowest BCUT2D eigenvalue weighted by molar-refractivity contribution is 0.0640. The number of furan rings is 1. The number of ether oxygens (including phenoxy) is 2. The molecule has 0 bridgehead atoms. The molecule has 3 aromatic carbocycles. The molecule has 12 nitrogen and oxygen atoms in total.